The second-order valence-electron chi connectivity index (χ2n) is 2.73. The van der Waals surface area contributed by atoms with E-state index in [-0.39, 0.29) is 0 Å². The normalized spacial score (nSPS) is 9.83. The third-order valence-electron chi connectivity index (χ3n) is 1.86. The summed E-state index contributed by atoms with van der Waals surface area (Å²) < 4.78 is 0. The SMILES string of the molecule is CCc1ccccc1NCCN. The summed E-state index contributed by atoms with van der Waals surface area (Å²) in [5.74, 6) is 0. The first-order valence-corrected chi connectivity index (χ1v) is 4.40. The van der Waals surface area contributed by atoms with Gasteiger partial charge in [-0.3, -0.25) is 0 Å². The van der Waals surface area contributed by atoms with E-state index < -0.39 is 0 Å². The molecule has 0 amide bonds. The van der Waals surface area contributed by atoms with Gasteiger partial charge in [0, 0.05) is 18.8 Å². The summed E-state index contributed by atoms with van der Waals surface area (Å²) in [6, 6.07) is 8.33. The van der Waals surface area contributed by atoms with E-state index in [4.69, 9.17) is 5.73 Å². The van der Waals surface area contributed by atoms with Crippen LogP contribution in [-0.2, 0) is 6.42 Å². The van der Waals surface area contributed by atoms with Crippen molar-refractivity contribution in [2.75, 3.05) is 18.4 Å². The average Bonchev–Trinajstić information content (AvgIpc) is 2.15. The zero-order valence-electron chi connectivity index (χ0n) is 7.51. The molecule has 3 N–H and O–H groups in total. The molecule has 1 rings (SSSR count). The van der Waals surface area contributed by atoms with Gasteiger partial charge in [0.2, 0.25) is 0 Å². The van der Waals surface area contributed by atoms with Gasteiger partial charge < -0.3 is 11.1 Å². The highest BCUT2D eigenvalue weighted by molar-refractivity contribution is 5.50. The van der Waals surface area contributed by atoms with E-state index in [2.05, 4.69) is 30.4 Å². The van der Waals surface area contributed by atoms with Crippen LogP contribution in [0.5, 0.6) is 0 Å². The van der Waals surface area contributed by atoms with Gasteiger partial charge in [0.15, 0.2) is 0 Å². The summed E-state index contributed by atoms with van der Waals surface area (Å²) in [5, 5.41) is 3.29. The summed E-state index contributed by atoms with van der Waals surface area (Å²) in [6.45, 7) is 3.68. The third-order valence-corrected chi connectivity index (χ3v) is 1.86. The van der Waals surface area contributed by atoms with Gasteiger partial charge >= 0.3 is 0 Å². The van der Waals surface area contributed by atoms with Gasteiger partial charge in [-0.05, 0) is 18.1 Å². The Hall–Kier alpha value is -1.02. The molecule has 0 heterocycles. The highest BCUT2D eigenvalue weighted by Gasteiger charge is 1.96. The number of hydrogen-bond acceptors (Lipinski definition) is 2. The predicted molar refractivity (Wildman–Crippen MR) is 53.4 cm³/mol. The first-order valence-electron chi connectivity index (χ1n) is 4.40. The Morgan fingerprint density at radius 2 is 2.08 bits per heavy atom. The summed E-state index contributed by atoms with van der Waals surface area (Å²) in [4.78, 5) is 0. The van der Waals surface area contributed by atoms with Crippen LogP contribution in [0.1, 0.15) is 12.5 Å². The van der Waals surface area contributed by atoms with Gasteiger partial charge in [-0.2, -0.15) is 0 Å². The Kier molecular flexibility index (Phi) is 3.61. The van der Waals surface area contributed by atoms with Gasteiger partial charge in [0.05, 0.1) is 0 Å². The lowest BCUT2D eigenvalue weighted by Crippen LogP contribution is -2.13. The molecular weight excluding hydrogens is 148 g/mol. The second kappa shape index (κ2) is 4.78. The molecule has 66 valence electrons. The molecule has 0 spiro atoms. The minimum atomic E-state index is 0.679. The summed E-state index contributed by atoms with van der Waals surface area (Å²) in [7, 11) is 0. The molecule has 0 fully saturated rings. The molecule has 0 unspecified atom stereocenters. The largest absolute Gasteiger partial charge is 0.384 e. The fourth-order valence-corrected chi connectivity index (χ4v) is 1.21. The number of para-hydroxylation sites is 1. The molecule has 0 bridgehead atoms. The van der Waals surface area contributed by atoms with Crippen LogP contribution in [0, 0.1) is 0 Å². The minimum Gasteiger partial charge on any atom is -0.384 e. The molecule has 0 saturated carbocycles. The summed E-state index contributed by atoms with van der Waals surface area (Å²) >= 11 is 0. The van der Waals surface area contributed by atoms with Crippen molar-refractivity contribution in [2.24, 2.45) is 5.73 Å². The highest BCUT2D eigenvalue weighted by atomic mass is 14.9. The Labute approximate surface area is 73.8 Å². The monoisotopic (exact) mass is 164 g/mol. The number of benzene rings is 1. The number of aryl methyl sites for hydroxylation is 1. The zero-order chi connectivity index (χ0) is 8.81. The van der Waals surface area contributed by atoms with Crippen LogP contribution in [0.15, 0.2) is 24.3 Å². The maximum atomic E-state index is 5.41. The van der Waals surface area contributed by atoms with Crippen LogP contribution in [0.2, 0.25) is 0 Å². The van der Waals surface area contributed by atoms with E-state index in [1.807, 2.05) is 6.07 Å². The first kappa shape index (κ1) is 9.07. The van der Waals surface area contributed by atoms with Crippen LogP contribution in [-0.4, -0.2) is 13.1 Å². The number of rotatable bonds is 4. The molecule has 0 aliphatic heterocycles. The van der Waals surface area contributed by atoms with Gasteiger partial charge in [-0.25, -0.2) is 0 Å². The van der Waals surface area contributed by atoms with Gasteiger partial charge in [0.1, 0.15) is 0 Å². The van der Waals surface area contributed by atoms with Gasteiger partial charge in [-0.1, -0.05) is 25.1 Å². The van der Waals surface area contributed by atoms with Crippen molar-refractivity contribution in [3.05, 3.63) is 29.8 Å². The molecule has 1 aromatic rings. The van der Waals surface area contributed by atoms with E-state index in [9.17, 15) is 0 Å². The molecule has 0 saturated heterocycles. The van der Waals surface area contributed by atoms with Crippen molar-refractivity contribution in [3.8, 4) is 0 Å². The van der Waals surface area contributed by atoms with Crippen LogP contribution < -0.4 is 11.1 Å². The Balaban J connectivity index is 2.68. The first-order chi connectivity index (χ1) is 5.88. The molecule has 1 aromatic carbocycles. The minimum absolute atomic E-state index is 0.679. The van der Waals surface area contributed by atoms with Crippen molar-refractivity contribution in [3.63, 3.8) is 0 Å². The fraction of sp³-hybridized carbons (Fsp3) is 0.400. The molecule has 0 aliphatic rings. The lowest BCUT2D eigenvalue weighted by molar-refractivity contribution is 1.01. The molecule has 0 aromatic heterocycles. The van der Waals surface area contributed by atoms with Crippen molar-refractivity contribution >= 4 is 5.69 Å². The molecule has 0 radical (unpaired) electrons. The number of hydrogen-bond donors (Lipinski definition) is 2. The van der Waals surface area contributed by atoms with Gasteiger partial charge in [-0.15, -0.1) is 0 Å². The van der Waals surface area contributed by atoms with Crippen molar-refractivity contribution in [1.82, 2.24) is 0 Å². The lowest BCUT2D eigenvalue weighted by atomic mass is 10.1. The average molecular weight is 164 g/mol. The fourth-order valence-electron chi connectivity index (χ4n) is 1.21. The van der Waals surface area contributed by atoms with Crippen LogP contribution in [0.3, 0.4) is 0 Å². The number of nitrogens with two attached hydrogens (primary N) is 1. The van der Waals surface area contributed by atoms with Crippen molar-refractivity contribution < 1.29 is 0 Å². The van der Waals surface area contributed by atoms with Gasteiger partial charge in [0.25, 0.3) is 0 Å². The summed E-state index contributed by atoms with van der Waals surface area (Å²) in [6.07, 6.45) is 1.06. The quantitative estimate of drug-likeness (QED) is 0.709. The standard InChI is InChI=1S/C10H16N2/c1-2-9-5-3-4-6-10(9)12-8-7-11/h3-6,12H,2,7-8,11H2,1H3. The molecular formula is C10H16N2. The lowest BCUT2D eigenvalue weighted by Gasteiger charge is -2.08. The maximum Gasteiger partial charge on any atom is 0.0373 e. The topological polar surface area (TPSA) is 38.0 Å². The molecule has 12 heavy (non-hydrogen) atoms. The van der Waals surface area contributed by atoms with E-state index in [0.29, 0.717) is 6.54 Å². The van der Waals surface area contributed by atoms with Crippen molar-refractivity contribution in [2.45, 2.75) is 13.3 Å². The Morgan fingerprint density at radius 3 is 2.75 bits per heavy atom. The number of nitrogens with one attached hydrogen (secondary N) is 1. The third kappa shape index (κ3) is 2.24. The number of anilines is 1. The highest BCUT2D eigenvalue weighted by Crippen LogP contribution is 2.14. The molecule has 0 aliphatic carbocycles. The molecule has 0 atom stereocenters. The molecule has 2 nitrogen and oxygen atoms in total. The Morgan fingerprint density at radius 1 is 1.33 bits per heavy atom. The van der Waals surface area contributed by atoms with Crippen LogP contribution in [0.25, 0.3) is 0 Å². The van der Waals surface area contributed by atoms with Crippen LogP contribution in [0.4, 0.5) is 5.69 Å². The van der Waals surface area contributed by atoms with E-state index in [1.165, 1.54) is 11.3 Å². The summed E-state index contributed by atoms with van der Waals surface area (Å²) in [5.41, 5.74) is 7.97. The maximum absolute atomic E-state index is 5.41. The predicted octanol–water partition coefficient (Wildman–Crippen LogP) is 1.62. The molecule has 2 heteroatoms. The van der Waals surface area contributed by atoms with Crippen LogP contribution >= 0.6 is 0 Å². The smallest absolute Gasteiger partial charge is 0.0373 e. The van der Waals surface area contributed by atoms with Crippen molar-refractivity contribution in [1.29, 1.82) is 0 Å². The van der Waals surface area contributed by atoms with E-state index in [0.717, 1.165) is 13.0 Å². The van der Waals surface area contributed by atoms with E-state index >= 15 is 0 Å². The van der Waals surface area contributed by atoms with E-state index in [1.54, 1.807) is 0 Å². The second-order valence-corrected chi connectivity index (χ2v) is 2.73. The zero-order valence-corrected chi connectivity index (χ0v) is 7.51. The Bertz CT molecular complexity index is 233.